The molecule has 0 aliphatic heterocycles. The van der Waals surface area contributed by atoms with Gasteiger partial charge in [-0.15, -0.1) is 0 Å². The number of fused-ring (bicyclic) bond motifs is 1. The zero-order valence-electron chi connectivity index (χ0n) is 20.2. The van der Waals surface area contributed by atoms with Gasteiger partial charge in [-0.2, -0.15) is 0 Å². The van der Waals surface area contributed by atoms with Crippen molar-refractivity contribution in [2.75, 3.05) is 0 Å². The lowest BCUT2D eigenvalue weighted by atomic mass is 9.81. The molecule has 36 heavy (non-hydrogen) atoms. The van der Waals surface area contributed by atoms with E-state index < -0.39 is 0 Å². The van der Waals surface area contributed by atoms with E-state index in [-0.39, 0.29) is 0 Å². The smallest absolute Gasteiger partial charge is 0.0273 e. The molecular weight excluding hydrogens is 434 g/mol. The van der Waals surface area contributed by atoms with Crippen LogP contribution in [0.3, 0.4) is 0 Å². The molecule has 5 rings (SSSR count). The second kappa shape index (κ2) is 9.85. The van der Waals surface area contributed by atoms with Gasteiger partial charge < -0.3 is 0 Å². The minimum Gasteiger partial charge on any atom is -0.265 e. The Morgan fingerprint density at radius 3 is 1.64 bits per heavy atom. The van der Waals surface area contributed by atoms with Crippen LogP contribution in [0.15, 0.2) is 118 Å². The Morgan fingerprint density at radius 2 is 1.03 bits per heavy atom. The summed E-state index contributed by atoms with van der Waals surface area (Å²) in [6.07, 6.45) is 11.3. The van der Waals surface area contributed by atoms with Gasteiger partial charge in [0.2, 0.25) is 0 Å². The fraction of sp³-hybridized carbons (Fsp3) is 0. The Morgan fingerprint density at radius 1 is 0.472 bits per heavy atom. The number of aromatic nitrogens is 1. The van der Waals surface area contributed by atoms with Gasteiger partial charge in [-0.05, 0) is 78.5 Å². The average Bonchev–Trinajstić information content (AvgIpc) is 2.95. The van der Waals surface area contributed by atoms with Crippen molar-refractivity contribution in [2.24, 2.45) is 0 Å². The van der Waals surface area contributed by atoms with Crippen LogP contribution in [0.25, 0.3) is 68.5 Å². The number of benzene rings is 4. The molecule has 0 spiro atoms. The van der Waals surface area contributed by atoms with Gasteiger partial charge in [-0.3, -0.25) is 4.98 Å². The quantitative estimate of drug-likeness (QED) is 0.235. The van der Waals surface area contributed by atoms with E-state index in [0.717, 1.165) is 61.0 Å². The molecule has 0 fully saturated rings. The standard InChI is InChI=1S/C35H27N/c1-5-24-12-11-15-31(28(24)6-2)35-30(8-4)29(7-3)34(32-13-9-10-14-33(32)35)27-18-16-25(17-19-27)26-20-22-36-23-21-26/h5-23H,1-4H2. The van der Waals surface area contributed by atoms with Crippen LogP contribution >= 0.6 is 0 Å². The Labute approximate surface area is 213 Å². The summed E-state index contributed by atoms with van der Waals surface area (Å²) in [7, 11) is 0. The SMILES string of the molecule is C=Cc1cccc(-c2c(C=C)c(C=C)c(-c3ccc(-c4ccncc4)cc3)c3ccccc23)c1C=C. The molecule has 0 unspecified atom stereocenters. The Balaban J connectivity index is 1.83. The predicted octanol–water partition coefficient (Wildman–Crippen LogP) is 9.81. The molecule has 0 amide bonds. The van der Waals surface area contributed by atoms with E-state index >= 15 is 0 Å². The lowest BCUT2D eigenvalue weighted by Gasteiger charge is -2.22. The fourth-order valence-electron chi connectivity index (χ4n) is 5.08. The van der Waals surface area contributed by atoms with Crippen molar-refractivity contribution in [3.63, 3.8) is 0 Å². The summed E-state index contributed by atoms with van der Waals surface area (Å²) in [5, 5.41) is 2.33. The third-order valence-electron chi connectivity index (χ3n) is 6.72. The van der Waals surface area contributed by atoms with E-state index in [2.05, 4.69) is 98.0 Å². The molecule has 1 heterocycles. The lowest BCUT2D eigenvalue weighted by molar-refractivity contribution is 1.33. The van der Waals surface area contributed by atoms with E-state index in [1.807, 2.05) is 48.8 Å². The second-order valence-electron chi connectivity index (χ2n) is 8.56. The zero-order chi connectivity index (χ0) is 25.1. The van der Waals surface area contributed by atoms with E-state index in [4.69, 9.17) is 0 Å². The molecule has 0 radical (unpaired) electrons. The van der Waals surface area contributed by atoms with Crippen LogP contribution < -0.4 is 0 Å². The van der Waals surface area contributed by atoms with E-state index in [1.165, 1.54) is 5.39 Å². The largest absolute Gasteiger partial charge is 0.265 e. The molecule has 0 aliphatic rings. The average molecular weight is 462 g/mol. The summed E-state index contributed by atoms with van der Waals surface area (Å²) >= 11 is 0. The molecule has 0 bridgehead atoms. The number of hydrogen-bond donors (Lipinski definition) is 0. The minimum absolute atomic E-state index is 1.05. The Hall–Kier alpha value is -4.75. The first-order valence-corrected chi connectivity index (χ1v) is 11.9. The first-order valence-electron chi connectivity index (χ1n) is 11.9. The van der Waals surface area contributed by atoms with Crippen molar-refractivity contribution in [1.82, 2.24) is 4.98 Å². The van der Waals surface area contributed by atoms with Crippen molar-refractivity contribution >= 4 is 35.1 Å². The molecule has 0 N–H and O–H groups in total. The van der Waals surface area contributed by atoms with E-state index in [0.29, 0.717) is 0 Å². The summed E-state index contributed by atoms with van der Waals surface area (Å²) in [6, 6.07) is 27.6. The lowest BCUT2D eigenvalue weighted by Crippen LogP contribution is -1.98. The highest BCUT2D eigenvalue weighted by atomic mass is 14.6. The molecule has 1 heteroatoms. The maximum Gasteiger partial charge on any atom is 0.0273 e. The zero-order valence-corrected chi connectivity index (χ0v) is 20.2. The van der Waals surface area contributed by atoms with E-state index in [9.17, 15) is 0 Å². The van der Waals surface area contributed by atoms with Crippen LogP contribution in [0.4, 0.5) is 0 Å². The summed E-state index contributed by atoms with van der Waals surface area (Å²) in [5.41, 5.74) is 11.1. The van der Waals surface area contributed by atoms with Crippen molar-refractivity contribution in [3.8, 4) is 33.4 Å². The highest BCUT2D eigenvalue weighted by Crippen LogP contribution is 2.44. The Bertz CT molecular complexity index is 1620. The molecule has 0 atom stereocenters. The molecule has 172 valence electrons. The topological polar surface area (TPSA) is 12.9 Å². The predicted molar refractivity (Wildman–Crippen MR) is 158 cm³/mol. The van der Waals surface area contributed by atoms with Crippen LogP contribution in [-0.4, -0.2) is 4.98 Å². The van der Waals surface area contributed by atoms with E-state index in [1.54, 1.807) is 0 Å². The van der Waals surface area contributed by atoms with Gasteiger partial charge in [0, 0.05) is 12.4 Å². The van der Waals surface area contributed by atoms with Gasteiger partial charge in [0.15, 0.2) is 0 Å². The van der Waals surface area contributed by atoms with Crippen LogP contribution in [0.2, 0.25) is 0 Å². The van der Waals surface area contributed by atoms with Crippen molar-refractivity contribution in [3.05, 3.63) is 140 Å². The molecule has 5 aromatic rings. The van der Waals surface area contributed by atoms with Gasteiger partial charge in [-0.1, -0.05) is 117 Å². The first-order chi connectivity index (χ1) is 17.7. The number of nitrogens with zero attached hydrogens (tertiary/aromatic N) is 1. The summed E-state index contributed by atoms with van der Waals surface area (Å²) in [4.78, 5) is 4.14. The van der Waals surface area contributed by atoms with Crippen molar-refractivity contribution < 1.29 is 0 Å². The van der Waals surface area contributed by atoms with Crippen LogP contribution in [0, 0.1) is 0 Å². The van der Waals surface area contributed by atoms with Gasteiger partial charge in [0.25, 0.3) is 0 Å². The monoisotopic (exact) mass is 461 g/mol. The third kappa shape index (κ3) is 3.81. The maximum absolute atomic E-state index is 4.22. The first kappa shape index (κ1) is 23.0. The van der Waals surface area contributed by atoms with Gasteiger partial charge in [0.05, 0.1) is 0 Å². The van der Waals surface area contributed by atoms with Gasteiger partial charge in [-0.25, -0.2) is 0 Å². The van der Waals surface area contributed by atoms with Crippen LogP contribution in [-0.2, 0) is 0 Å². The molecule has 4 aromatic carbocycles. The molecule has 1 aromatic heterocycles. The van der Waals surface area contributed by atoms with Crippen molar-refractivity contribution in [2.45, 2.75) is 0 Å². The molecule has 0 aliphatic carbocycles. The summed E-state index contributed by atoms with van der Waals surface area (Å²) in [6.45, 7) is 16.5. The maximum atomic E-state index is 4.22. The second-order valence-corrected chi connectivity index (χ2v) is 8.56. The van der Waals surface area contributed by atoms with Crippen LogP contribution in [0.5, 0.6) is 0 Å². The number of hydrogen-bond acceptors (Lipinski definition) is 1. The third-order valence-corrected chi connectivity index (χ3v) is 6.72. The molecule has 0 saturated carbocycles. The van der Waals surface area contributed by atoms with Gasteiger partial charge in [0.1, 0.15) is 0 Å². The Kier molecular flexibility index (Phi) is 6.30. The highest BCUT2D eigenvalue weighted by Gasteiger charge is 2.20. The molecular formula is C35H27N. The van der Waals surface area contributed by atoms with Gasteiger partial charge >= 0.3 is 0 Å². The number of pyridine rings is 1. The van der Waals surface area contributed by atoms with Crippen LogP contribution in [0.1, 0.15) is 22.3 Å². The fourth-order valence-corrected chi connectivity index (χ4v) is 5.08. The summed E-state index contributed by atoms with van der Waals surface area (Å²) < 4.78 is 0. The molecule has 0 saturated heterocycles. The molecule has 1 nitrogen and oxygen atoms in total. The normalized spacial score (nSPS) is 10.7. The van der Waals surface area contributed by atoms with Crippen molar-refractivity contribution in [1.29, 1.82) is 0 Å². The summed E-state index contributed by atoms with van der Waals surface area (Å²) in [5.74, 6) is 0. The number of rotatable bonds is 7. The highest BCUT2D eigenvalue weighted by molar-refractivity contribution is 6.12. The minimum atomic E-state index is 1.05.